The van der Waals surface area contributed by atoms with Crippen LogP contribution in [0.4, 0.5) is 11.4 Å². The third kappa shape index (κ3) is 6.25. The number of nitrogens with two attached hydrogens (primary N) is 1. The normalized spacial score (nSPS) is 14.3. The zero-order valence-electron chi connectivity index (χ0n) is 13.1. The fourth-order valence-electron chi connectivity index (χ4n) is 2.37. The molecular formula is C15H24Cl2N4O2. The molecule has 1 fully saturated rings. The zero-order valence-corrected chi connectivity index (χ0v) is 14.7. The topological polar surface area (TPSA) is 87.5 Å². The van der Waals surface area contributed by atoms with Crippen LogP contribution in [0.3, 0.4) is 0 Å². The van der Waals surface area contributed by atoms with Gasteiger partial charge < -0.3 is 21.3 Å². The second kappa shape index (κ2) is 10.3. The number of benzene rings is 1. The summed E-state index contributed by atoms with van der Waals surface area (Å²) in [5.74, 6) is -0.598. The van der Waals surface area contributed by atoms with E-state index in [1.165, 1.54) is 12.8 Å². The molecule has 1 saturated heterocycles. The molecule has 1 aliphatic heterocycles. The number of nitrogens with zero attached hydrogens (tertiary/aromatic N) is 1. The maximum absolute atomic E-state index is 12.0. The van der Waals surface area contributed by atoms with Crippen LogP contribution in [-0.4, -0.2) is 37.5 Å². The molecular weight excluding hydrogens is 339 g/mol. The van der Waals surface area contributed by atoms with Crippen molar-refractivity contribution in [3.05, 3.63) is 24.3 Å². The van der Waals surface area contributed by atoms with Crippen LogP contribution >= 0.6 is 24.8 Å². The van der Waals surface area contributed by atoms with E-state index in [1.54, 1.807) is 6.92 Å². The summed E-state index contributed by atoms with van der Waals surface area (Å²) in [5, 5.41) is 5.35. The van der Waals surface area contributed by atoms with Crippen LogP contribution in [0, 0.1) is 0 Å². The predicted octanol–water partition coefficient (Wildman–Crippen LogP) is 1.53. The molecule has 8 heteroatoms. The van der Waals surface area contributed by atoms with Gasteiger partial charge in [0.1, 0.15) is 6.04 Å². The lowest BCUT2D eigenvalue weighted by Gasteiger charge is -2.19. The summed E-state index contributed by atoms with van der Waals surface area (Å²) in [6.07, 6.45) is 2.41. The monoisotopic (exact) mass is 362 g/mol. The van der Waals surface area contributed by atoms with Crippen molar-refractivity contribution >= 4 is 48.0 Å². The Hall–Kier alpha value is -1.50. The number of carbonyl (C=O) groups excluding carboxylic acids is 2. The van der Waals surface area contributed by atoms with Crippen molar-refractivity contribution in [2.45, 2.75) is 25.8 Å². The number of amides is 2. The first-order valence-electron chi connectivity index (χ1n) is 7.25. The van der Waals surface area contributed by atoms with Gasteiger partial charge >= 0.3 is 0 Å². The quantitative estimate of drug-likeness (QED) is 0.741. The molecule has 1 aromatic carbocycles. The minimum atomic E-state index is -0.614. The second-order valence-electron chi connectivity index (χ2n) is 5.23. The predicted molar refractivity (Wildman–Crippen MR) is 97.7 cm³/mol. The Balaban J connectivity index is 0.00000242. The highest BCUT2D eigenvalue weighted by Crippen LogP contribution is 2.23. The van der Waals surface area contributed by atoms with Gasteiger partial charge in [0.25, 0.3) is 0 Å². The second-order valence-corrected chi connectivity index (χ2v) is 5.23. The lowest BCUT2D eigenvalue weighted by molar-refractivity contribution is -0.125. The molecule has 4 N–H and O–H groups in total. The first-order valence-corrected chi connectivity index (χ1v) is 7.25. The Morgan fingerprint density at radius 3 is 2.52 bits per heavy atom. The molecule has 6 nitrogen and oxygen atoms in total. The fourth-order valence-corrected chi connectivity index (χ4v) is 2.37. The first kappa shape index (κ1) is 21.5. The Bertz CT molecular complexity index is 522. The van der Waals surface area contributed by atoms with Gasteiger partial charge in [-0.2, -0.15) is 0 Å². The van der Waals surface area contributed by atoms with Crippen molar-refractivity contribution in [1.82, 2.24) is 5.32 Å². The summed E-state index contributed by atoms with van der Waals surface area (Å²) in [6, 6.07) is 7.15. The summed E-state index contributed by atoms with van der Waals surface area (Å²) < 4.78 is 0. The van der Waals surface area contributed by atoms with Crippen LogP contribution in [0.15, 0.2) is 24.3 Å². The highest BCUT2D eigenvalue weighted by molar-refractivity contribution is 5.97. The number of nitrogens with one attached hydrogen (secondary N) is 2. The van der Waals surface area contributed by atoms with Crippen LogP contribution < -0.4 is 21.3 Å². The average Bonchev–Trinajstić information content (AvgIpc) is 3.01. The van der Waals surface area contributed by atoms with Gasteiger partial charge in [0.15, 0.2) is 0 Å². The van der Waals surface area contributed by atoms with Gasteiger partial charge in [0.05, 0.1) is 6.54 Å². The summed E-state index contributed by atoms with van der Waals surface area (Å²) in [6.45, 7) is 3.62. The van der Waals surface area contributed by atoms with E-state index in [0.717, 1.165) is 24.5 Å². The molecule has 1 heterocycles. The van der Waals surface area contributed by atoms with E-state index in [4.69, 9.17) is 5.73 Å². The van der Waals surface area contributed by atoms with Crippen molar-refractivity contribution in [3.63, 3.8) is 0 Å². The molecule has 0 saturated carbocycles. The number of halogens is 2. The molecule has 23 heavy (non-hydrogen) atoms. The minimum Gasteiger partial charge on any atom is -0.371 e. The van der Waals surface area contributed by atoms with Gasteiger partial charge in [-0.3, -0.25) is 9.59 Å². The maximum atomic E-state index is 12.0. The smallest absolute Gasteiger partial charge is 0.246 e. The molecule has 0 aliphatic carbocycles. The Morgan fingerprint density at radius 2 is 1.91 bits per heavy atom. The molecule has 1 atom stereocenters. The van der Waals surface area contributed by atoms with Crippen LogP contribution in [0.1, 0.15) is 19.8 Å². The average molecular weight is 363 g/mol. The van der Waals surface area contributed by atoms with Crippen molar-refractivity contribution < 1.29 is 9.59 Å². The molecule has 0 bridgehead atoms. The summed E-state index contributed by atoms with van der Waals surface area (Å²) in [7, 11) is 0. The summed E-state index contributed by atoms with van der Waals surface area (Å²) in [4.78, 5) is 25.5. The van der Waals surface area contributed by atoms with Crippen LogP contribution in [-0.2, 0) is 9.59 Å². The van der Waals surface area contributed by atoms with E-state index in [0.29, 0.717) is 0 Å². The summed E-state index contributed by atoms with van der Waals surface area (Å²) >= 11 is 0. The standard InChI is InChI=1S/C15H22N4O2.2ClH/c1-11(17-14(20)10-16)15(21)18-12-5-4-6-13(9-12)19-7-2-3-8-19;;/h4-6,9,11H,2-3,7-8,10,16H2,1H3,(H,17,20)(H,18,21);2*1H. The van der Waals surface area contributed by atoms with Crippen molar-refractivity contribution in [2.75, 3.05) is 29.9 Å². The fraction of sp³-hybridized carbons (Fsp3) is 0.467. The molecule has 1 aliphatic rings. The van der Waals surface area contributed by atoms with Crippen LogP contribution in [0.2, 0.25) is 0 Å². The van der Waals surface area contributed by atoms with Crippen LogP contribution in [0.25, 0.3) is 0 Å². The van der Waals surface area contributed by atoms with E-state index >= 15 is 0 Å². The van der Waals surface area contributed by atoms with Gasteiger partial charge in [-0.1, -0.05) is 6.07 Å². The van der Waals surface area contributed by atoms with E-state index < -0.39 is 6.04 Å². The van der Waals surface area contributed by atoms with E-state index in [-0.39, 0.29) is 43.2 Å². The molecule has 130 valence electrons. The Kier molecular flexibility index (Phi) is 9.64. The maximum Gasteiger partial charge on any atom is 0.246 e. The van der Waals surface area contributed by atoms with Crippen molar-refractivity contribution in [3.8, 4) is 0 Å². The number of hydrogen-bond acceptors (Lipinski definition) is 4. The zero-order chi connectivity index (χ0) is 15.2. The third-order valence-electron chi connectivity index (χ3n) is 3.54. The molecule has 2 rings (SSSR count). The third-order valence-corrected chi connectivity index (χ3v) is 3.54. The van der Waals surface area contributed by atoms with Gasteiger partial charge in [-0.25, -0.2) is 0 Å². The molecule has 1 aromatic rings. The molecule has 0 aromatic heterocycles. The lowest BCUT2D eigenvalue weighted by atomic mass is 10.2. The van der Waals surface area contributed by atoms with Gasteiger partial charge in [-0.15, -0.1) is 24.8 Å². The largest absolute Gasteiger partial charge is 0.371 e. The number of hydrogen-bond donors (Lipinski definition) is 3. The van der Waals surface area contributed by atoms with Gasteiger partial charge in [-0.05, 0) is 38.0 Å². The van der Waals surface area contributed by atoms with Crippen LogP contribution in [0.5, 0.6) is 0 Å². The van der Waals surface area contributed by atoms with Gasteiger partial charge in [0, 0.05) is 24.5 Å². The molecule has 0 spiro atoms. The van der Waals surface area contributed by atoms with Gasteiger partial charge in [0.2, 0.25) is 11.8 Å². The first-order chi connectivity index (χ1) is 10.1. The molecule has 1 unspecified atom stereocenters. The number of anilines is 2. The minimum absolute atomic E-state index is 0. The van der Waals surface area contributed by atoms with E-state index in [9.17, 15) is 9.59 Å². The van der Waals surface area contributed by atoms with Crippen molar-refractivity contribution in [2.24, 2.45) is 5.73 Å². The highest BCUT2D eigenvalue weighted by atomic mass is 35.5. The molecule has 0 radical (unpaired) electrons. The summed E-state index contributed by atoms with van der Waals surface area (Å²) in [5.41, 5.74) is 7.06. The Morgan fingerprint density at radius 1 is 1.26 bits per heavy atom. The van der Waals surface area contributed by atoms with E-state index in [2.05, 4.69) is 15.5 Å². The number of rotatable bonds is 5. The van der Waals surface area contributed by atoms with E-state index in [1.807, 2.05) is 24.3 Å². The lowest BCUT2D eigenvalue weighted by Crippen LogP contribution is -2.44. The molecule has 2 amide bonds. The van der Waals surface area contributed by atoms with Crippen molar-refractivity contribution in [1.29, 1.82) is 0 Å². The number of carbonyl (C=O) groups is 2. The SMILES string of the molecule is CC(NC(=O)CN)C(=O)Nc1cccc(N2CCCC2)c1.Cl.Cl. The highest BCUT2D eigenvalue weighted by Gasteiger charge is 2.16. The Labute approximate surface area is 149 Å².